The standard InChI is InChI=1S/C27H33N5O3S/c1-30(2)25-11-7-23(8-12-25)27(24-9-13-26(14-10-24)31(3)4)29-28-21-22-15-18-32(19-16-22)17-5-6-20-36(33,34)35/h7-16,18-19,21H,5-6,17,20H2,1-4H3. The number of hydrogen-bond acceptors (Lipinski definition) is 7. The van der Waals surface area contributed by atoms with Crippen LogP contribution < -0.4 is 14.4 Å². The van der Waals surface area contributed by atoms with Crippen molar-refractivity contribution in [2.24, 2.45) is 10.2 Å². The molecule has 0 saturated carbocycles. The van der Waals surface area contributed by atoms with Gasteiger partial charge in [0.1, 0.15) is 12.3 Å². The van der Waals surface area contributed by atoms with Gasteiger partial charge in [0.15, 0.2) is 12.4 Å². The fourth-order valence-corrected chi connectivity index (χ4v) is 4.11. The molecule has 0 radical (unpaired) electrons. The van der Waals surface area contributed by atoms with E-state index in [0.717, 1.165) is 33.8 Å². The molecule has 36 heavy (non-hydrogen) atoms. The molecule has 1 aromatic heterocycles. The lowest BCUT2D eigenvalue weighted by molar-refractivity contribution is -0.697. The topological polar surface area (TPSA) is 92.3 Å². The highest BCUT2D eigenvalue weighted by atomic mass is 32.2. The number of pyridine rings is 1. The third-order valence-electron chi connectivity index (χ3n) is 5.66. The summed E-state index contributed by atoms with van der Waals surface area (Å²) >= 11 is 0. The van der Waals surface area contributed by atoms with Crippen LogP contribution in [0.1, 0.15) is 29.5 Å². The van der Waals surface area contributed by atoms with Crippen molar-refractivity contribution in [3.63, 3.8) is 0 Å². The van der Waals surface area contributed by atoms with Crippen molar-refractivity contribution in [3.05, 3.63) is 89.7 Å². The van der Waals surface area contributed by atoms with Crippen molar-refractivity contribution >= 4 is 33.4 Å². The quantitative estimate of drug-likeness (QED) is 0.131. The summed E-state index contributed by atoms with van der Waals surface area (Å²) in [4.78, 5) is 4.11. The van der Waals surface area contributed by atoms with E-state index in [-0.39, 0.29) is 5.75 Å². The highest BCUT2D eigenvalue weighted by molar-refractivity contribution is 7.85. The molecule has 9 heteroatoms. The maximum atomic E-state index is 10.7. The van der Waals surface area contributed by atoms with Crippen LogP contribution in [0.25, 0.3) is 0 Å². The van der Waals surface area contributed by atoms with E-state index in [4.69, 9.17) is 0 Å². The second-order valence-electron chi connectivity index (χ2n) is 8.91. The summed E-state index contributed by atoms with van der Waals surface area (Å²) in [6.07, 6.45) is 6.48. The van der Waals surface area contributed by atoms with Gasteiger partial charge in [-0.2, -0.15) is 5.10 Å². The van der Waals surface area contributed by atoms with Crippen LogP contribution in [0.2, 0.25) is 0 Å². The minimum atomic E-state index is -4.15. The smallest absolute Gasteiger partial charge is 0.169 e. The molecule has 8 nitrogen and oxygen atoms in total. The monoisotopic (exact) mass is 507 g/mol. The molecule has 0 spiro atoms. The van der Waals surface area contributed by atoms with E-state index in [9.17, 15) is 13.0 Å². The lowest BCUT2D eigenvalue weighted by Crippen LogP contribution is -2.32. The number of hydrogen-bond donors (Lipinski definition) is 0. The van der Waals surface area contributed by atoms with Crippen molar-refractivity contribution in [1.29, 1.82) is 0 Å². The van der Waals surface area contributed by atoms with E-state index in [0.29, 0.717) is 19.4 Å². The first-order chi connectivity index (χ1) is 17.1. The molecule has 3 rings (SSSR count). The number of rotatable bonds is 11. The van der Waals surface area contributed by atoms with E-state index in [2.05, 4.69) is 44.3 Å². The van der Waals surface area contributed by atoms with Gasteiger partial charge >= 0.3 is 0 Å². The number of aromatic nitrogens is 1. The molecule has 0 N–H and O–H groups in total. The Morgan fingerprint density at radius 1 is 0.833 bits per heavy atom. The molecule has 0 unspecified atom stereocenters. The van der Waals surface area contributed by atoms with E-state index in [1.54, 1.807) is 6.21 Å². The number of benzene rings is 2. The van der Waals surface area contributed by atoms with Crippen molar-refractivity contribution in [2.45, 2.75) is 19.4 Å². The predicted molar refractivity (Wildman–Crippen MR) is 145 cm³/mol. The first-order valence-corrected chi connectivity index (χ1v) is 13.3. The van der Waals surface area contributed by atoms with Gasteiger partial charge in [-0.25, -0.2) is 13.0 Å². The summed E-state index contributed by atoms with van der Waals surface area (Å²) in [6.45, 7) is 0.640. The Morgan fingerprint density at radius 2 is 1.33 bits per heavy atom. The molecule has 0 aliphatic carbocycles. The van der Waals surface area contributed by atoms with Gasteiger partial charge in [0.2, 0.25) is 0 Å². The normalized spacial score (nSPS) is 11.5. The van der Waals surface area contributed by atoms with Crippen LogP contribution in [-0.4, -0.2) is 58.8 Å². The molecule has 0 saturated heterocycles. The fraction of sp³-hybridized carbons (Fsp3) is 0.296. The van der Waals surface area contributed by atoms with E-state index >= 15 is 0 Å². The summed E-state index contributed by atoms with van der Waals surface area (Å²) in [7, 11) is 3.89. The van der Waals surface area contributed by atoms with Crippen molar-refractivity contribution in [2.75, 3.05) is 43.7 Å². The largest absolute Gasteiger partial charge is 0.748 e. The number of anilines is 2. The molecular formula is C27H33N5O3S. The Bertz CT molecular complexity index is 1230. The third-order valence-corrected chi connectivity index (χ3v) is 6.45. The van der Waals surface area contributed by atoms with Gasteiger partial charge in [-0.05, 0) is 30.7 Å². The summed E-state index contributed by atoms with van der Waals surface area (Å²) in [5.41, 5.74) is 5.83. The number of nitrogens with zero attached hydrogens (tertiary/aromatic N) is 5. The average Bonchev–Trinajstić information content (AvgIpc) is 2.85. The first-order valence-electron chi connectivity index (χ1n) is 11.7. The highest BCUT2D eigenvalue weighted by Gasteiger charge is 2.09. The van der Waals surface area contributed by atoms with Gasteiger partial charge in [-0.3, -0.25) is 0 Å². The maximum Gasteiger partial charge on any atom is 0.169 e. The molecule has 0 atom stereocenters. The molecule has 1 heterocycles. The van der Waals surface area contributed by atoms with Crippen LogP contribution >= 0.6 is 0 Å². The Kier molecular flexibility index (Phi) is 9.32. The maximum absolute atomic E-state index is 10.7. The Hall–Kier alpha value is -3.56. The number of unbranched alkanes of at least 4 members (excludes halogenated alkanes) is 1. The first kappa shape index (κ1) is 27.0. The van der Waals surface area contributed by atoms with Gasteiger partial charge in [0, 0.05) is 80.6 Å². The zero-order valence-corrected chi connectivity index (χ0v) is 22.0. The van der Waals surface area contributed by atoms with Gasteiger partial charge in [0.05, 0.1) is 16.3 Å². The van der Waals surface area contributed by atoms with Crippen LogP contribution in [0, 0.1) is 0 Å². The van der Waals surface area contributed by atoms with Crippen molar-refractivity contribution in [1.82, 2.24) is 0 Å². The summed E-state index contributed by atoms with van der Waals surface area (Å²) < 4.78 is 34.1. The lowest BCUT2D eigenvalue weighted by atomic mass is 10.0. The van der Waals surface area contributed by atoms with Crippen LogP contribution in [0.15, 0.2) is 83.3 Å². The molecule has 0 aliphatic rings. The second-order valence-corrected chi connectivity index (χ2v) is 10.4. The zero-order valence-electron chi connectivity index (χ0n) is 21.2. The van der Waals surface area contributed by atoms with Gasteiger partial charge in [-0.1, -0.05) is 24.3 Å². The van der Waals surface area contributed by atoms with E-state index in [1.807, 2.05) is 81.5 Å². The number of aryl methyl sites for hydroxylation is 1. The third kappa shape index (κ3) is 8.28. The Balaban J connectivity index is 1.77. The van der Waals surface area contributed by atoms with Crippen molar-refractivity contribution < 1.29 is 17.5 Å². The minimum absolute atomic E-state index is 0.325. The molecule has 190 valence electrons. The van der Waals surface area contributed by atoms with Crippen LogP contribution in [0.5, 0.6) is 0 Å². The summed E-state index contributed by atoms with van der Waals surface area (Å²) in [5.74, 6) is -0.325. The molecule has 0 bridgehead atoms. The molecule has 0 fully saturated rings. The van der Waals surface area contributed by atoms with E-state index in [1.165, 1.54) is 0 Å². The molecule has 0 aliphatic heterocycles. The average molecular weight is 508 g/mol. The molecule has 3 aromatic rings. The predicted octanol–water partition coefficient (Wildman–Crippen LogP) is 3.30. The Labute approximate surface area is 214 Å². The SMILES string of the molecule is CN(C)c1ccc(C(=N/N=C/c2cc[n+](CCCCS(=O)(=O)[O-])cc2)c2ccc(N(C)C)cc2)cc1. The van der Waals surface area contributed by atoms with Crippen molar-refractivity contribution in [3.8, 4) is 0 Å². The second kappa shape index (κ2) is 12.4. The molecular weight excluding hydrogens is 474 g/mol. The summed E-state index contributed by atoms with van der Waals surface area (Å²) in [5, 5.41) is 8.95. The van der Waals surface area contributed by atoms with Crippen LogP contribution in [-0.2, 0) is 16.7 Å². The minimum Gasteiger partial charge on any atom is -0.748 e. The highest BCUT2D eigenvalue weighted by Crippen LogP contribution is 2.19. The van der Waals surface area contributed by atoms with Crippen LogP contribution in [0.4, 0.5) is 11.4 Å². The lowest BCUT2D eigenvalue weighted by Gasteiger charge is -2.15. The van der Waals surface area contributed by atoms with Gasteiger partial charge in [0.25, 0.3) is 0 Å². The Morgan fingerprint density at radius 3 is 1.78 bits per heavy atom. The zero-order chi connectivity index (χ0) is 26.1. The fourth-order valence-electron chi connectivity index (χ4n) is 3.55. The molecule has 2 aromatic carbocycles. The molecule has 0 amide bonds. The van der Waals surface area contributed by atoms with Gasteiger partial charge in [-0.15, -0.1) is 5.10 Å². The summed E-state index contributed by atoms with van der Waals surface area (Å²) in [6, 6.07) is 20.3. The van der Waals surface area contributed by atoms with E-state index < -0.39 is 10.1 Å². The van der Waals surface area contributed by atoms with Crippen LogP contribution in [0.3, 0.4) is 0 Å². The van der Waals surface area contributed by atoms with Gasteiger partial charge < -0.3 is 14.4 Å².